The predicted molar refractivity (Wildman–Crippen MR) is 56.1 cm³/mol. The number of hydrogen-bond donors (Lipinski definition) is 3. The summed E-state index contributed by atoms with van der Waals surface area (Å²) >= 11 is 0. The second kappa shape index (κ2) is 5.31. The van der Waals surface area contributed by atoms with E-state index in [9.17, 15) is 4.79 Å². The lowest BCUT2D eigenvalue weighted by Gasteiger charge is -2.08. The van der Waals surface area contributed by atoms with E-state index >= 15 is 0 Å². The molecule has 5 nitrogen and oxygen atoms in total. The number of aromatic nitrogens is 1. The van der Waals surface area contributed by atoms with Crippen LogP contribution in [0.3, 0.4) is 0 Å². The molecule has 82 valence electrons. The van der Waals surface area contributed by atoms with Crippen LogP contribution in [0.25, 0.3) is 0 Å². The van der Waals surface area contributed by atoms with Gasteiger partial charge in [-0.2, -0.15) is 0 Å². The van der Waals surface area contributed by atoms with Gasteiger partial charge in [-0.15, -0.1) is 0 Å². The highest BCUT2D eigenvalue weighted by Gasteiger charge is 2.10. The summed E-state index contributed by atoms with van der Waals surface area (Å²) in [5, 5.41) is 20.4. The predicted octanol–water partition coefficient (Wildman–Crippen LogP) is 0.883. The Bertz CT molecular complexity index is 353. The summed E-state index contributed by atoms with van der Waals surface area (Å²) in [5.74, 6) is -0.648. The maximum Gasteiger partial charge on any atom is 0.339 e. The van der Waals surface area contributed by atoms with Crippen molar-refractivity contribution >= 4 is 11.8 Å². The lowest BCUT2D eigenvalue weighted by Crippen LogP contribution is -2.11. The average Bonchev–Trinajstić information content (AvgIpc) is 2.18. The molecule has 0 aliphatic carbocycles. The van der Waals surface area contributed by atoms with E-state index in [0.29, 0.717) is 18.8 Å². The summed E-state index contributed by atoms with van der Waals surface area (Å²) in [6.45, 7) is 2.37. The minimum atomic E-state index is -1.01. The smallest absolute Gasteiger partial charge is 0.339 e. The maximum atomic E-state index is 10.8. The van der Waals surface area contributed by atoms with Gasteiger partial charge in [0.25, 0.3) is 0 Å². The molecule has 1 heterocycles. The fourth-order valence-corrected chi connectivity index (χ4v) is 1.15. The molecule has 0 saturated carbocycles. The molecule has 0 radical (unpaired) electrons. The van der Waals surface area contributed by atoms with Gasteiger partial charge in [0.15, 0.2) is 0 Å². The number of anilines is 1. The van der Waals surface area contributed by atoms with Gasteiger partial charge in [-0.3, -0.25) is 0 Å². The first-order valence-corrected chi connectivity index (χ1v) is 4.71. The van der Waals surface area contributed by atoms with Crippen LogP contribution in [-0.2, 0) is 0 Å². The molecular weight excluding hydrogens is 196 g/mol. The van der Waals surface area contributed by atoms with Crippen molar-refractivity contribution in [3.05, 3.63) is 23.4 Å². The van der Waals surface area contributed by atoms with Crippen LogP contribution < -0.4 is 5.32 Å². The normalized spacial score (nSPS) is 10.0. The quantitative estimate of drug-likeness (QED) is 0.628. The van der Waals surface area contributed by atoms with Crippen molar-refractivity contribution in [1.82, 2.24) is 4.98 Å². The van der Waals surface area contributed by atoms with E-state index in [1.54, 1.807) is 13.0 Å². The molecule has 1 aromatic heterocycles. The van der Waals surface area contributed by atoms with Crippen LogP contribution in [0.4, 0.5) is 5.82 Å². The lowest BCUT2D eigenvalue weighted by atomic mass is 10.2. The van der Waals surface area contributed by atoms with E-state index in [-0.39, 0.29) is 12.2 Å². The van der Waals surface area contributed by atoms with E-state index in [0.717, 1.165) is 5.69 Å². The first-order valence-electron chi connectivity index (χ1n) is 4.71. The van der Waals surface area contributed by atoms with Crippen LogP contribution in [0.15, 0.2) is 12.1 Å². The van der Waals surface area contributed by atoms with Crippen molar-refractivity contribution in [2.45, 2.75) is 13.3 Å². The number of rotatable bonds is 5. The SMILES string of the molecule is Cc1ccc(C(=O)O)c(NCCCO)n1. The fourth-order valence-electron chi connectivity index (χ4n) is 1.15. The Morgan fingerprint density at radius 2 is 2.27 bits per heavy atom. The van der Waals surface area contributed by atoms with Gasteiger partial charge in [0, 0.05) is 18.8 Å². The lowest BCUT2D eigenvalue weighted by molar-refractivity contribution is 0.0697. The molecule has 15 heavy (non-hydrogen) atoms. The zero-order valence-corrected chi connectivity index (χ0v) is 8.53. The van der Waals surface area contributed by atoms with Crippen molar-refractivity contribution in [2.24, 2.45) is 0 Å². The number of aromatic carboxylic acids is 1. The average molecular weight is 210 g/mol. The molecule has 0 atom stereocenters. The zero-order valence-electron chi connectivity index (χ0n) is 8.53. The van der Waals surface area contributed by atoms with Gasteiger partial charge in [0.05, 0.1) is 0 Å². The minimum absolute atomic E-state index is 0.0707. The Labute approximate surface area is 87.8 Å². The number of pyridine rings is 1. The molecule has 1 rings (SSSR count). The van der Waals surface area contributed by atoms with E-state index in [1.807, 2.05) is 0 Å². The Morgan fingerprint density at radius 3 is 2.87 bits per heavy atom. The number of hydrogen-bond acceptors (Lipinski definition) is 4. The molecule has 0 unspecified atom stereocenters. The Hall–Kier alpha value is -1.62. The number of carboxylic acids is 1. The van der Waals surface area contributed by atoms with Crippen molar-refractivity contribution in [2.75, 3.05) is 18.5 Å². The van der Waals surface area contributed by atoms with E-state index in [4.69, 9.17) is 10.2 Å². The third-order valence-corrected chi connectivity index (χ3v) is 1.89. The molecule has 0 aliphatic rings. The van der Waals surface area contributed by atoms with Gasteiger partial charge in [-0.1, -0.05) is 0 Å². The Kier molecular flexibility index (Phi) is 4.05. The largest absolute Gasteiger partial charge is 0.478 e. The summed E-state index contributed by atoms with van der Waals surface area (Å²) < 4.78 is 0. The fraction of sp³-hybridized carbons (Fsp3) is 0.400. The van der Waals surface area contributed by atoms with Gasteiger partial charge in [-0.05, 0) is 25.5 Å². The maximum absolute atomic E-state index is 10.8. The number of nitrogens with one attached hydrogen (secondary N) is 1. The number of aryl methyl sites for hydroxylation is 1. The first-order chi connectivity index (χ1) is 7.15. The highest BCUT2D eigenvalue weighted by atomic mass is 16.4. The monoisotopic (exact) mass is 210 g/mol. The number of carbonyl (C=O) groups is 1. The molecule has 0 fully saturated rings. The van der Waals surface area contributed by atoms with Crippen molar-refractivity contribution in [1.29, 1.82) is 0 Å². The van der Waals surface area contributed by atoms with Crippen LogP contribution in [0, 0.1) is 6.92 Å². The van der Waals surface area contributed by atoms with E-state index < -0.39 is 5.97 Å². The summed E-state index contributed by atoms with van der Waals surface area (Å²) in [4.78, 5) is 14.9. The molecule has 0 amide bonds. The van der Waals surface area contributed by atoms with Crippen molar-refractivity contribution in [3.8, 4) is 0 Å². The van der Waals surface area contributed by atoms with Gasteiger partial charge >= 0.3 is 5.97 Å². The van der Waals surface area contributed by atoms with E-state index in [1.165, 1.54) is 6.07 Å². The standard InChI is InChI=1S/C10H14N2O3/c1-7-3-4-8(10(14)15)9(12-7)11-5-2-6-13/h3-4,13H,2,5-6H2,1H3,(H,11,12)(H,14,15). The van der Waals surface area contributed by atoms with Gasteiger partial charge < -0.3 is 15.5 Å². The third-order valence-electron chi connectivity index (χ3n) is 1.89. The van der Waals surface area contributed by atoms with Crippen molar-refractivity contribution in [3.63, 3.8) is 0 Å². The highest BCUT2D eigenvalue weighted by Crippen LogP contribution is 2.13. The summed E-state index contributed by atoms with van der Waals surface area (Å²) in [6, 6.07) is 3.17. The molecule has 0 spiro atoms. The number of carboxylic acid groups (broad SMARTS) is 1. The topological polar surface area (TPSA) is 82.5 Å². The van der Waals surface area contributed by atoms with Crippen LogP contribution in [-0.4, -0.2) is 34.3 Å². The molecule has 0 aromatic carbocycles. The molecule has 3 N–H and O–H groups in total. The van der Waals surface area contributed by atoms with Crippen LogP contribution in [0.5, 0.6) is 0 Å². The third kappa shape index (κ3) is 3.21. The molecule has 0 bridgehead atoms. The summed E-state index contributed by atoms with van der Waals surface area (Å²) in [5.41, 5.74) is 0.907. The number of nitrogens with zero attached hydrogens (tertiary/aromatic N) is 1. The first kappa shape index (κ1) is 11.5. The summed E-state index contributed by atoms with van der Waals surface area (Å²) in [6.07, 6.45) is 0.564. The Morgan fingerprint density at radius 1 is 1.53 bits per heavy atom. The van der Waals surface area contributed by atoms with Gasteiger partial charge in [-0.25, -0.2) is 9.78 Å². The minimum Gasteiger partial charge on any atom is -0.478 e. The second-order valence-corrected chi connectivity index (χ2v) is 3.16. The number of aliphatic hydroxyl groups excluding tert-OH is 1. The van der Waals surface area contributed by atoms with Crippen LogP contribution in [0.2, 0.25) is 0 Å². The molecule has 1 aromatic rings. The van der Waals surface area contributed by atoms with E-state index in [2.05, 4.69) is 10.3 Å². The molecule has 0 aliphatic heterocycles. The number of aliphatic hydroxyl groups is 1. The van der Waals surface area contributed by atoms with Crippen LogP contribution >= 0.6 is 0 Å². The second-order valence-electron chi connectivity index (χ2n) is 3.16. The summed E-state index contributed by atoms with van der Waals surface area (Å²) in [7, 11) is 0. The van der Waals surface area contributed by atoms with Gasteiger partial charge in [0.1, 0.15) is 11.4 Å². The molecule has 5 heteroatoms. The zero-order chi connectivity index (χ0) is 11.3. The molecular formula is C10H14N2O3. The molecule has 0 saturated heterocycles. The Balaban J connectivity index is 2.82. The highest BCUT2D eigenvalue weighted by molar-refractivity contribution is 5.93. The van der Waals surface area contributed by atoms with Crippen molar-refractivity contribution < 1.29 is 15.0 Å². The van der Waals surface area contributed by atoms with Crippen LogP contribution in [0.1, 0.15) is 22.5 Å². The van der Waals surface area contributed by atoms with Gasteiger partial charge in [0.2, 0.25) is 0 Å².